The summed E-state index contributed by atoms with van der Waals surface area (Å²) in [5.74, 6) is 0.513. The molecule has 2 aromatic rings. The Morgan fingerprint density at radius 1 is 1.24 bits per heavy atom. The van der Waals surface area contributed by atoms with E-state index in [4.69, 9.17) is 10.5 Å². The Morgan fingerprint density at radius 2 is 2.05 bits per heavy atom. The summed E-state index contributed by atoms with van der Waals surface area (Å²) in [6.45, 7) is 4.64. The van der Waals surface area contributed by atoms with E-state index in [1.807, 2.05) is 19.1 Å². The molecule has 0 spiro atoms. The molecule has 0 aliphatic heterocycles. The van der Waals surface area contributed by atoms with E-state index in [-0.39, 0.29) is 12.0 Å². The predicted molar refractivity (Wildman–Crippen MR) is 86.8 cm³/mol. The molecule has 0 amide bonds. The smallest absolute Gasteiger partial charge is 0.323 e. The summed E-state index contributed by atoms with van der Waals surface area (Å²) < 4.78 is 6.43. The molecule has 0 saturated carbocycles. The van der Waals surface area contributed by atoms with Crippen molar-refractivity contribution in [2.45, 2.75) is 26.7 Å². The summed E-state index contributed by atoms with van der Waals surface area (Å²) in [5.41, 5.74) is 7.78. The summed E-state index contributed by atoms with van der Waals surface area (Å²) >= 11 is 3.47. The van der Waals surface area contributed by atoms with Crippen molar-refractivity contribution >= 4 is 33.5 Å². The zero-order chi connectivity index (χ0) is 15.2. The standard InChI is InChI=1S/C14H18BrN5O/c1-3-7-21-14-19-12(16)18-13(20-14)17-11-6-5-10(15)8-9(11)4-2/h5-6,8H,3-4,7H2,1-2H3,(H3,16,17,18,19,20). The number of nitrogens with one attached hydrogen (secondary N) is 1. The first-order chi connectivity index (χ1) is 10.1. The van der Waals surface area contributed by atoms with Gasteiger partial charge in [0, 0.05) is 10.2 Å². The molecule has 0 bridgehead atoms. The van der Waals surface area contributed by atoms with Gasteiger partial charge in [-0.05, 0) is 36.6 Å². The molecule has 1 aromatic heterocycles. The Morgan fingerprint density at radius 3 is 2.76 bits per heavy atom. The maximum atomic E-state index is 5.69. The van der Waals surface area contributed by atoms with E-state index in [0.717, 1.165) is 28.6 Å². The van der Waals surface area contributed by atoms with Crippen LogP contribution in [0.2, 0.25) is 0 Å². The van der Waals surface area contributed by atoms with Crippen LogP contribution >= 0.6 is 15.9 Å². The molecule has 0 radical (unpaired) electrons. The Bertz CT molecular complexity index is 620. The first kappa shape index (κ1) is 15.5. The second kappa shape index (κ2) is 7.21. The number of ether oxygens (including phenoxy) is 1. The lowest BCUT2D eigenvalue weighted by atomic mass is 10.1. The van der Waals surface area contributed by atoms with Crippen molar-refractivity contribution in [3.8, 4) is 6.01 Å². The number of anilines is 3. The molecular formula is C14H18BrN5O. The van der Waals surface area contributed by atoms with Gasteiger partial charge in [-0.15, -0.1) is 0 Å². The summed E-state index contributed by atoms with van der Waals surface area (Å²) in [6.07, 6.45) is 1.77. The van der Waals surface area contributed by atoms with Crippen LogP contribution in [0.25, 0.3) is 0 Å². The molecule has 3 N–H and O–H groups in total. The molecule has 112 valence electrons. The van der Waals surface area contributed by atoms with E-state index < -0.39 is 0 Å². The number of hydrogen-bond donors (Lipinski definition) is 2. The molecule has 6 nitrogen and oxygen atoms in total. The van der Waals surface area contributed by atoms with E-state index >= 15 is 0 Å². The van der Waals surface area contributed by atoms with Gasteiger partial charge in [0.1, 0.15) is 0 Å². The zero-order valence-electron chi connectivity index (χ0n) is 12.1. The summed E-state index contributed by atoms with van der Waals surface area (Å²) in [4.78, 5) is 12.3. The third-order valence-corrected chi connectivity index (χ3v) is 3.26. The van der Waals surface area contributed by atoms with Crippen molar-refractivity contribution in [1.29, 1.82) is 0 Å². The molecule has 0 aliphatic carbocycles. The minimum absolute atomic E-state index is 0.133. The Hall–Kier alpha value is -1.89. The second-order valence-corrected chi connectivity index (χ2v) is 5.34. The van der Waals surface area contributed by atoms with Crippen LogP contribution in [0.1, 0.15) is 25.8 Å². The lowest BCUT2D eigenvalue weighted by Gasteiger charge is -2.11. The predicted octanol–water partition coefficient (Wildman–Crippen LogP) is 3.31. The third-order valence-electron chi connectivity index (χ3n) is 2.76. The highest BCUT2D eigenvalue weighted by Gasteiger charge is 2.08. The number of hydrogen-bond acceptors (Lipinski definition) is 6. The van der Waals surface area contributed by atoms with E-state index in [1.165, 1.54) is 0 Å². The van der Waals surface area contributed by atoms with E-state index in [2.05, 4.69) is 49.2 Å². The van der Waals surface area contributed by atoms with Crippen molar-refractivity contribution < 1.29 is 4.74 Å². The molecule has 21 heavy (non-hydrogen) atoms. The molecule has 1 heterocycles. The van der Waals surface area contributed by atoms with Crippen LogP contribution < -0.4 is 15.8 Å². The molecule has 7 heteroatoms. The van der Waals surface area contributed by atoms with Crippen molar-refractivity contribution in [2.75, 3.05) is 17.7 Å². The largest absolute Gasteiger partial charge is 0.463 e. The molecule has 1 aromatic carbocycles. The Balaban J connectivity index is 2.24. The first-order valence-corrected chi connectivity index (χ1v) is 7.61. The molecule has 2 rings (SSSR count). The molecule has 0 unspecified atom stereocenters. The number of nitrogens with two attached hydrogens (primary N) is 1. The molecule has 0 atom stereocenters. The van der Waals surface area contributed by atoms with Crippen molar-refractivity contribution in [3.63, 3.8) is 0 Å². The quantitative estimate of drug-likeness (QED) is 0.830. The maximum absolute atomic E-state index is 5.69. The van der Waals surface area contributed by atoms with Gasteiger partial charge in [0.25, 0.3) is 0 Å². The van der Waals surface area contributed by atoms with Gasteiger partial charge in [-0.2, -0.15) is 15.0 Å². The lowest BCUT2D eigenvalue weighted by Crippen LogP contribution is -2.08. The number of aromatic nitrogens is 3. The highest BCUT2D eigenvalue weighted by molar-refractivity contribution is 9.10. The lowest BCUT2D eigenvalue weighted by molar-refractivity contribution is 0.292. The Kier molecular flexibility index (Phi) is 5.32. The van der Waals surface area contributed by atoms with Crippen molar-refractivity contribution in [2.24, 2.45) is 0 Å². The monoisotopic (exact) mass is 351 g/mol. The number of nitrogen functional groups attached to an aromatic ring is 1. The fourth-order valence-corrected chi connectivity index (χ4v) is 2.19. The molecule has 0 aliphatic rings. The summed E-state index contributed by atoms with van der Waals surface area (Å²) in [6, 6.07) is 6.22. The van der Waals surface area contributed by atoms with E-state index in [0.29, 0.717) is 12.6 Å². The Labute approximate surface area is 132 Å². The van der Waals surface area contributed by atoms with Gasteiger partial charge in [0.05, 0.1) is 6.61 Å². The molecular weight excluding hydrogens is 334 g/mol. The fourth-order valence-electron chi connectivity index (χ4n) is 1.78. The van der Waals surface area contributed by atoms with Crippen LogP contribution in [0, 0.1) is 0 Å². The van der Waals surface area contributed by atoms with Gasteiger partial charge in [0.15, 0.2) is 0 Å². The van der Waals surface area contributed by atoms with Crippen LogP contribution in [0.4, 0.5) is 17.6 Å². The average Bonchev–Trinajstić information content (AvgIpc) is 2.46. The topological polar surface area (TPSA) is 86.0 Å². The number of halogens is 1. The second-order valence-electron chi connectivity index (χ2n) is 4.43. The van der Waals surface area contributed by atoms with Crippen LogP contribution in [-0.4, -0.2) is 21.6 Å². The van der Waals surface area contributed by atoms with Gasteiger partial charge in [0.2, 0.25) is 11.9 Å². The van der Waals surface area contributed by atoms with Gasteiger partial charge in [-0.3, -0.25) is 0 Å². The van der Waals surface area contributed by atoms with Crippen LogP contribution in [0.3, 0.4) is 0 Å². The van der Waals surface area contributed by atoms with Gasteiger partial charge < -0.3 is 15.8 Å². The van der Waals surface area contributed by atoms with Crippen LogP contribution in [0.15, 0.2) is 22.7 Å². The first-order valence-electron chi connectivity index (χ1n) is 6.82. The summed E-state index contributed by atoms with van der Waals surface area (Å²) in [5, 5.41) is 3.17. The zero-order valence-corrected chi connectivity index (χ0v) is 13.6. The molecule has 0 fully saturated rings. The van der Waals surface area contributed by atoms with Crippen molar-refractivity contribution in [1.82, 2.24) is 15.0 Å². The minimum Gasteiger partial charge on any atom is -0.463 e. The normalized spacial score (nSPS) is 10.4. The van der Waals surface area contributed by atoms with E-state index in [1.54, 1.807) is 0 Å². The van der Waals surface area contributed by atoms with Crippen LogP contribution in [-0.2, 0) is 6.42 Å². The fraction of sp³-hybridized carbons (Fsp3) is 0.357. The maximum Gasteiger partial charge on any atom is 0.323 e. The van der Waals surface area contributed by atoms with Gasteiger partial charge in [-0.1, -0.05) is 29.8 Å². The molecule has 0 saturated heterocycles. The number of aryl methyl sites for hydroxylation is 1. The SMILES string of the molecule is CCCOc1nc(N)nc(Nc2ccc(Br)cc2CC)n1. The van der Waals surface area contributed by atoms with Gasteiger partial charge >= 0.3 is 6.01 Å². The highest BCUT2D eigenvalue weighted by atomic mass is 79.9. The van der Waals surface area contributed by atoms with Crippen molar-refractivity contribution in [3.05, 3.63) is 28.2 Å². The van der Waals surface area contributed by atoms with Crippen LogP contribution in [0.5, 0.6) is 6.01 Å². The minimum atomic E-state index is 0.133. The van der Waals surface area contributed by atoms with E-state index in [9.17, 15) is 0 Å². The summed E-state index contributed by atoms with van der Waals surface area (Å²) in [7, 11) is 0. The average molecular weight is 352 g/mol. The third kappa shape index (κ3) is 4.29. The van der Waals surface area contributed by atoms with Gasteiger partial charge in [-0.25, -0.2) is 0 Å². The number of benzene rings is 1. The number of rotatable bonds is 6. The number of nitrogens with zero attached hydrogens (tertiary/aromatic N) is 3. The highest BCUT2D eigenvalue weighted by Crippen LogP contribution is 2.24.